The highest BCUT2D eigenvalue weighted by atomic mass is 16.7. The maximum Gasteiger partial charge on any atom is 0.367 e. The van der Waals surface area contributed by atoms with Crippen LogP contribution in [0.25, 0.3) is 0 Å². The molecule has 15 heavy (non-hydrogen) atoms. The Morgan fingerprint density at radius 1 is 1.27 bits per heavy atom. The van der Waals surface area contributed by atoms with Gasteiger partial charge in [-0.05, 0) is 0 Å². The van der Waals surface area contributed by atoms with Gasteiger partial charge in [0.2, 0.25) is 0 Å². The van der Waals surface area contributed by atoms with E-state index in [1.807, 2.05) is 0 Å². The quantitative estimate of drug-likeness (QED) is 0.407. The fourth-order valence-electron chi connectivity index (χ4n) is 0.750. The van der Waals surface area contributed by atoms with E-state index < -0.39 is 36.4 Å². The number of rotatable bonds is 4. The van der Waals surface area contributed by atoms with E-state index in [4.69, 9.17) is 10.2 Å². The second kappa shape index (κ2) is 4.57. The molecule has 0 fully saturated rings. The lowest BCUT2D eigenvalue weighted by Crippen LogP contribution is -2.47. The molecule has 1 rings (SSSR count). The van der Waals surface area contributed by atoms with Crippen molar-refractivity contribution in [3.63, 3.8) is 0 Å². The molecule has 1 unspecified atom stereocenters. The van der Waals surface area contributed by atoms with Gasteiger partial charge >= 0.3 is 17.1 Å². The summed E-state index contributed by atoms with van der Waals surface area (Å²) in [5.41, 5.74) is -3.07. The van der Waals surface area contributed by atoms with E-state index in [0.29, 0.717) is 0 Å². The first-order valence-corrected chi connectivity index (χ1v) is 3.92. The second-order valence-electron chi connectivity index (χ2n) is 2.62. The molecule has 84 valence electrons. The van der Waals surface area contributed by atoms with Gasteiger partial charge in [0.1, 0.15) is 12.7 Å². The summed E-state index contributed by atoms with van der Waals surface area (Å²) in [4.78, 5) is 40.6. The predicted octanol–water partition coefficient (Wildman–Crippen LogP) is -3.99. The Bertz CT molecular complexity index is 450. The number of aromatic nitrogens is 3. The van der Waals surface area contributed by atoms with Gasteiger partial charge in [-0.2, -0.15) is 0 Å². The zero-order valence-electron chi connectivity index (χ0n) is 7.47. The van der Waals surface area contributed by atoms with E-state index in [1.54, 1.807) is 9.97 Å². The highest BCUT2D eigenvalue weighted by Gasteiger charge is 2.07. The number of hydrogen-bond acceptors (Lipinski definition) is 6. The number of aromatic amines is 2. The molecule has 1 aromatic heterocycles. The fraction of sp³-hybridized carbons (Fsp3) is 0.500. The Morgan fingerprint density at radius 3 is 2.27 bits per heavy atom. The molecule has 0 spiro atoms. The number of aliphatic hydroxyl groups excluding tert-OH is 2. The summed E-state index contributed by atoms with van der Waals surface area (Å²) >= 11 is 0. The summed E-state index contributed by atoms with van der Waals surface area (Å²) in [6.07, 6.45) is -1.22. The molecule has 0 bridgehead atoms. The zero-order chi connectivity index (χ0) is 11.4. The molecule has 1 heterocycles. The van der Waals surface area contributed by atoms with Gasteiger partial charge in [0, 0.05) is 0 Å². The minimum Gasteiger partial charge on any atom is -0.402 e. The molecule has 0 amide bonds. The molecule has 0 aliphatic rings. The number of nitrogens with zero attached hydrogens (tertiary/aromatic N) is 1. The van der Waals surface area contributed by atoms with Crippen LogP contribution < -0.4 is 21.9 Å². The van der Waals surface area contributed by atoms with Crippen molar-refractivity contribution in [3.05, 3.63) is 31.5 Å². The molecule has 0 radical (unpaired) electrons. The molecule has 1 aromatic rings. The van der Waals surface area contributed by atoms with Crippen molar-refractivity contribution in [2.45, 2.75) is 6.10 Å². The van der Waals surface area contributed by atoms with Crippen molar-refractivity contribution in [2.75, 3.05) is 13.2 Å². The molecule has 9 nitrogen and oxygen atoms in total. The Labute approximate surface area is 81.5 Å². The number of H-pyrrole nitrogens is 2. The normalized spacial score (nSPS) is 12.4. The summed E-state index contributed by atoms with van der Waals surface area (Å²) in [7, 11) is 0. The van der Waals surface area contributed by atoms with Crippen molar-refractivity contribution in [2.24, 2.45) is 0 Å². The molecule has 0 saturated heterocycles. The molecule has 0 aliphatic carbocycles. The molecular formula is C6H9N3O6. The molecule has 4 N–H and O–H groups in total. The minimum absolute atomic E-state index is 0.236. The van der Waals surface area contributed by atoms with E-state index in [2.05, 4.69) is 4.84 Å². The van der Waals surface area contributed by atoms with Crippen LogP contribution >= 0.6 is 0 Å². The van der Waals surface area contributed by atoms with E-state index in [1.165, 1.54) is 0 Å². The lowest BCUT2D eigenvalue weighted by Gasteiger charge is -2.08. The average Bonchev–Trinajstić information content (AvgIpc) is 2.15. The predicted molar refractivity (Wildman–Crippen MR) is 46.5 cm³/mol. The maximum atomic E-state index is 11.0. The van der Waals surface area contributed by atoms with E-state index in [0.717, 1.165) is 0 Å². The van der Waals surface area contributed by atoms with Crippen LogP contribution in [0.4, 0.5) is 0 Å². The van der Waals surface area contributed by atoms with Gasteiger partial charge in [-0.25, -0.2) is 14.4 Å². The number of aliphatic hydroxyl groups is 2. The number of hydrogen-bond donors (Lipinski definition) is 4. The SMILES string of the molecule is O=c1[nH]c(=O)n(OCC(O)CO)c(=O)[nH]1. The van der Waals surface area contributed by atoms with E-state index in [9.17, 15) is 14.4 Å². The summed E-state index contributed by atoms with van der Waals surface area (Å²) in [5, 5.41) is 17.3. The second-order valence-corrected chi connectivity index (χ2v) is 2.62. The smallest absolute Gasteiger partial charge is 0.367 e. The molecule has 0 saturated carbocycles. The Kier molecular flexibility index (Phi) is 3.42. The van der Waals surface area contributed by atoms with Crippen LogP contribution in [0.1, 0.15) is 0 Å². The minimum atomic E-state index is -1.22. The topological polar surface area (TPSA) is 137 Å². The summed E-state index contributed by atoms with van der Waals surface area (Å²) in [6, 6.07) is 0. The average molecular weight is 219 g/mol. The van der Waals surface area contributed by atoms with Gasteiger partial charge in [-0.3, -0.25) is 9.97 Å². The molecule has 0 aromatic carbocycles. The Balaban J connectivity index is 2.92. The largest absolute Gasteiger partial charge is 0.402 e. The highest BCUT2D eigenvalue weighted by molar-refractivity contribution is 4.65. The van der Waals surface area contributed by atoms with Crippen molar-refractivity contribution in [1.29, 1.82) is 0 Å². The standard InChI is InChI=1S/C6H9N3O6/c10-1-3(11)2-15-9-5(13)7-4(12)8-6(9)14/h3,10-11H,1-2H2,(H2,7,8,12,13,14). The lowest BCUT2D eigenvalue weighted by molar-refractivity contribution is -0.00936. The Hall–Kier alpha value is -1.87. The summed E-state index contributed by atoms with van der Waals surface area (Å²) in [6.45, 7) is -1.03. The molecule has 1 atom stereocenters. The summed E-state index contributed by atoms with van der Waals surface area (Å²) in [5.74, 6) is 0. The van der Waals surface area contributed by atoms with Crippen LogP contribution in [0, 0.1) is 0 Å². The summed E-state index contributed by atoms with van der Waals surface area (Å²) < 4.78 is 0.236. The van der Waals surface area contributed by atoms with Gasteiger partial charge in [0.25, 0.3) is 0 Å². The van der Waals surface area contributed by atoms with Crippen LogP contribution in [0.2, 0.25) is 0 Å². The first-order chi connectivity index (χ1) is 7.04. The van der Waals surface area contributed by atoms with Crippen LogP contribution in [0.15, 0.2) is 14.4 Å². The van der Waals surface area contributed by atoms with Crippen molar-refractivity contribution >= 4 is 0 Å². The van der Waals surface area contributed by atoms with E-state index >= 15 is 0 Å². The van der Waals surface area contributed by atoms with Gasteiger partial charge in [0.05, 0.1) is 6.61 Å². The van der Waals surface area contributed by atoms with Gasteiger partial charge in [0.15, 0.2) is 0 Å². The first kappa shape index (κ1) is 11.2. The monoisotopic (exact) mass is 219 g/mol. The third kappa shape index (κ3) is 2.79. The van der Waals surface area contributed by atoms with Gasteiger partial charge in [-0.15, -0.1) is 0 Å². The van der Waals surface area contributed by atoms with Crippen LogP contribution in [-0.4, -0.2) is 44.2 Å². The fourth-order valence-corrected chi connectivity index (χ4v) is 0.750. The molecule has 9 heteroatoms. The van der Waals surface area contributed by atoms with Gasteiger partial charge in [-0.1, -0.05) is 4.73 Å². The van der Waals surface area contributed by atoms with Gasteiger partial charge < -0.3 is 15.1 Å². The zero-order valence-corrected chi connectivity index (χ0v) is 7.47. The molecule has 0 aliphatic heterocycles. The number of nitrogens with one attached hydrogen (secondary N) is 2. The molecular weight excluding hydrogens is 210 g/mol. The van der Waals surface area contributed by atoms with Crippen LogP contribution in [-0.2, 0) is 0 Å². The van der Waals surface area contributed by atoms with Crippen molar-refractivity contribution in [1.82, 2.24) is 14.7 Å². The van der Waals surface area contributed by atoms with E-state index in [-0.39, 0.29) is 4.73 Å². The Morgan fingerprint density at radius 2 is 1.80 bits per heavy atom. The first-order valence-electron chi connectivity index (χ1n) is 3.92. The maximum absolute atomic E-state index is 11.0. The highest BCUT2D eigenvalue weighted by Crippen LogP contribution is 1.76. The lowest BCUT2D eigenvalue weighted by atomic mass is 10.4. The van der Waals surface area contributed by atoms with Crippen LogP contribution in [0.5, 0.6) is 0 Å². The van der Waals surface area contributed by atoms with Crippen LogP contribution in [0.3, 0.4) is 0 Å². The van der Waals surface area contributed by atoms with Crippen molar-refractivity contribution in [3.8, 4) is 0 Å². The third-order valence-corrected chi connectivity index (χ3v) is 1.42. The third-order valence-electron chi connectivity index (χ3n) is 1.42. The van der Waals surface area contributed by atoms with Crippen molar-refractivity contribution < 1.29 is 15.1 Å².